The highest BCUT2D eigenvalue weighted by Crippen LogP contribution is 2.35. The maximum absolute atomic E-state index is 11.2. The molecule has 0 saturated heterocycles. The molecule has 1 heterocycles. The SMILES string of the molecule is CCc1cc(C(C)(C)C)c2oc(C(=O)O)c(C)c2c1. The zero-order valence-corrected chi connectivity index (χ0v) is 12.1. The molecule has 0 unspecified atom stereocenters. The summed E-state index contributed by atoms with van der Waals surface area (Å²) in [6, 6.07) is 4.16. The fourth-order valence-electron chi connectivity index (χ4n) is 2.34. The van der Waals surface area contributed by atoms with E-state index in [1.807, 2.05) is 6.07 Å². The van der Waals surface area contributed by atoms with Gasteiger partial charge in [-0.25, -0.2) is 4.79 Å². The van der Waals surface area contributed by atoms with Crippen molar-refractivity contribution < 1.29 is 14.3 Å². The lowest BCUT2D eigenvalue weighted by atomic mass is 9.84. The third-order valence-electron chi connectivity index (χ3n) is 3.51. The van der Waals surface area contributed by atoms with Crippen LogP contribution in [0, 0.1) is 6.92 Å². The van der Waals surface area contributed by atoms with Crippen molar-refractivity contribution in [2.24, 2.45) is 0 Å². The van der Waals surface area contributed by atoms with Crippen LogP contribution in [0.2, 0.25) is 0 Å². The van der Waals surface area contributed by atoms with Crippen LogP contribution in [0.3, 0.4) is 0 Å². The molecule has 0 atom stereocenters. The Bertz CT molecular complexity index is 642. The van der Waals surface area contributed by atoms with Gasteiger partial charge in [-0.2, -0.15) is 0 Å². The number of carboxylic acids is 1. The van der Waals surface area contributed by atoms with Gasteiger partial charge in [0.15, 0.2) is 0 Å². The predicted octanol–water partition coefficient (Wildman–Crippen LogP) is 4.30. The molecule has 0 radical (unpaired) electrons. The van der Waals surface area contributed by atoms with Crippen molar-refractivity contribution in [2.45, 2.75) is 46.5 Å². The second-order valence-electron chi connectivity index (χ2n) is 5.98. The molecular weight excluding hydrogens is 240 g/mol. The largest absolute Gasteiger partial charge is 0.475 e. The van der Waals surface area contributed by atoms with Gasteiger partial charge in [0.25, 0.3) is 0 Å². The maximum Gasteiger partial charge on any atom is 0.372 e. The van der Waals surface area contributed by atoms with Gasteiger partial charge < -0.3 is 9.52 Å². The van der Waals surface area contributed by atoms with Crippen molar-refractivity contribution in [3.63, 3.8) is 0 Å². The molecule has 3 nitrogen and oxygen atoms in total. The van der Waals surface area contributed by atoms with Crippen molar-refractivity contribution in [1.29, 1.82) is 0 Å². The minimum atomic E-state index is -1.01. The fourth-order valence-corrected chi connectivity index (χ4v) is 2.34. The average Bonchev–Trinajstić information content (AvgIpc) is 2.64. The van der Waals surface area contributed by atoms with Gasteiger partial charge in [0.2, 0.25) is 5.76 Å². The summed E-state index contributed by atoms with van der Waals surface area (Å²) in [6.45, 7) is 10.2. The Morgan fingerprint density at radius 1 is 1.32 bits per heavy atom. The van der Waals surface area contributed by atoms with Crippen LogP contribution in [0.5, 0.6) is 0 Å². The van der Waals surface area contributed by atoms with E-state index in [2.05, 4.69) is 33.8 Å². The number of hydrogen-bond acceptors (Lipinski definition) is 2. The van der Waals surface area contributed by atoms with Crippen LogP contribution < -0.4 is 0 Å². The van der Waals surface area contributed by atoms with Gasteiger partial charge in [0.1, 0.15) is 5.58 Å². The molecule has 1 aromatic carbocycles. The first kappa shape index (κ1) is 13.7. The van der Waals surface area contributed by atoms with Crippen molar-refractivity contribution in [2.75, 3.05) is 0 Å². The molecular formula is C16H20O3. The van der Waals surface area contributed by atoms with E-state index in [4.69, 9.17) is 4.42 Å². The normalized spacial score (nSPS) is 12.1. The van der Waals surface area contributed by atoms with Gasteiger partial charge in [-0.15, -0.1) is 0 Å². The third kappa shape index (κ3) is 2.25. The molecule has 1 aromatic heterocycles. The summed E-state index contributed by atoms with van der Waals surface area (Å²) in [5.74, 6) is -0.958. The molecule has 0 aliphatic carbocycles. The quantitative estimate of drug-likeness (QED) is 0.875. The van der Waals surface area contributed by atoms with E-state index in [1.54, 1.807) is 6.92 Å². The topological polar surface area (TPSA) is 50.4 Å². The second kappa shape index (κ2) is 4.41. The van der Waals surface area contributed by atoms with Crippen LogP contribution in [0.4, 0.5) is 0 Å². The Kier molecular flexibility index (Phi) is 3.17. The highest BCUT2D eigenvalue weighted by Gasteiger charge is 2.24. The first-order valence-corrected chi connectivity index (χ1v) is 6.55. The monoisotopic (exact) mass is 260 g/mol. The van der Waals surface area contributed by atoms with Gasteiger partial charge in [0.05, 0.1) is 0 Å². The van der Waals surface area contributed by atoms with E-state index in [9.17, 15) is 9.90 Å². The highest BCUT2D eigenvalue weighted by atomic mass is 16.4. The van der Waals surface area contributed by atoms with Crippen molar-refractivity contribution in [3.8, 4) is 0 Å². The second-order valence-corrected chi connectivity index (χ2v) is 5.98. The van der Waals surface area contributed by atoms with E-state index in [1.165, 1.54) is 5.56 Å². The summed E-state index contributed by atoms with van der Waals surface area (Å²) < 4.78 is 5.62. The van der Waals surface area contributed by atoms with Gasteiger partial charge in [-0.05, 0) is 30.4 Å². The number of benzene rings is 1. The van der Waals surface area contributed by atoms with E-state index in [0.717, 1.165) is 17.4 Å². The first-order chi connectivity index (χ1) is 8.75. The smallest absolute Gasteiger partial charge is 0.372 e. The molecule has 0 amide bonds. The standard InChI is InChI=1S/C16H20O3/c1-6-10-7-11-9(2)13(15(17)18)19-14(11)12(8-10)16(3,4)5/h7-8H,6H2,1-5H3,(H,17,18). The number of furan rings is 1. The Balaban J connectivity index is 2.88. The van der Waals surface area contributed by atoms with Crippen LogP contribution in [-0.4, -0.2) is 11.1 Å². The molecule has 2 rings (SSSR count). The lowest BCUT2D eigenvalue weighted by Crippen LogP contribution is -2.11. The summed E-state index contributed by atoms with van der Waals surface area (Å²) in [4.78, 5) is 11.2. The molecule has 1 N–H and O–H groups in total. The molecule has 0 bridgehead atoms. The van der Waals surface area contributed by atoms with E-state index < -0.39 is 5.97 Å². The van der Waals surface area contributed by atoms with E-state index in [-0.39, 0.29) is 11.2 Å². The molecule has 0 aliphatic rings. The van der Waals surface area contributed by atoms with Gasteiger partial charge in [0, 0.05) is 16.5 Å². The van der Waals surface area contributed by atoms with Crippen molar-refractivity contribution in [1.82, 2.24) is 0 Å². The van der Waals surface area contributed by atoms with Crippen LogP contribution >= 0.6 is 0 Å². The molecule has 102 valence electrons. The molecule has 2 aromatic rings. The van der Waals surface area contributed by atoms with Gasteiger partial charge in [-0.1, -0.05) is 33.8 Å². The number of fused-ring (bicyclic) bond motifs is 1. The van der Waals surface area contributed by atoms with Crippen LogP contribution in [0.1, 0.15) is 54.9 Å². The average molecular weight is 260 g/mol. The minimum Gasteiger partial charge on any atom is -0.475 e. The number of carbonyl (C=O) groups is 1. The van der Waals surface area contributed by atoms with Gasteiger partial charge in [-0.3, -0.25) is 0 Å². The minimum absolute atomic E-state index is 0.0498. The number of aryl methyl sites for hydroxylation is 2. The number of aromatic carboxylic acids is 1. The summed E-state index contributed by atoms with van der Waals surface area (Å²) in [5, 5.41) is 10.1. The lowest BCUT2D eigenvalue weighted by Gasteiger charge is -2.20. The molecule has 19 heavy (non-hydrogen) atoms. The fraction of sp³-hybridized carbons (Fsp3) is 0.438. The lowest BCUT2D eigenvalue weighted by molar-refractivity contribution is 0.0663. The molecule has 3 heteroatoms. The maximum atomic E-state index is 11.2. The molecule has 0 spiro atoms. The molecule has 0 aliphatic heterocycles. The Morgan fingerprint density at radius 2 is 1.95 bits per heavy atom. The summed E-state index contributed by atoms with van der Waals surface area (Å²) in [6.07, 6.45) is 0.923. The number of rotatable bonds is 2. The van der Waals surface area contributed by atoms with E-state index >= 15 is 0 Å². The Morgan fingerprint density at radius 3 is 2.42 bits per heavy atom. The number of carboxylic acid groups (broad SMARTS) is 1. The van der Waals surface area contributed by atoms with Crippen LogP contribution in [-0.2, 0) is 11.8 Å². The predicted molar refractivity (Wildman–Crippen MR) is 76.0 cm³/mol. The summed E-state index contributed by atoms with van der Waals surface area (Å²) >= 11 is 0. The molecule has 0 fully saturated rings. The summed E-state index contributed by atoms with van der Waals surface area (Å²) in [7, 11) is 0. The van der Waals surface area contributed by atoms with Crippen molar-refractivity contribution >= 4 is 16.9 Å². The zero-order chi connectivity index (χ0) is 14.4. The molecule has 0 saturated carbocycles. The highest BCUT2D eigenvalue weighted by molar-refractivity contribution is 5.96. The van der Waals surface area contributed by atoms with Crippen LogP contribution in [0.15, 0.2) is 16.5 Å². The summed E-state index contributed by atoms with van der Waals surface area (Å²) in [5.41, 5.74) is 3.61. The van der Waals surface area contributed by atoms with Crippen LogP contribution in [0.25, 0.3) is 11.0 Å². The van der Waals surface area contributed by atoms with E-state index in [0.29, 0.717) is 11.1 Å². The zero-order valence-electron chi connectivity index (χ0n) is 12.1. The van der Waals surface area contributed by atoms with Gasteiger partial charge >= 0.3 is 5.97 Å². The Labute approximate surface area is 113 Å². The Hall–Kier alpha value is -1.77. The first-order valence-electron chi connectivity index (χ1n) is 6.55. The number of hydrogen-bond donors (Lipinski definition) is 1. The van der Waals surface area contributed by atoms with Crippen molar-refractivity contribution in [3.05, 3.63) is 34.6 Å². The third-order valence-corrected chi connectivity index (χ3v) is 3.51.